The maximum absolute atomic E-state index is 11.6. The summed E-state index contributed by atoms with van der Waals surface area (Å²) in [5.41, 5.74) is -0.393. The number of carbonyl (C=O) groups is 1. The average molecular weight is 396 g/mol. The van der Waals surface area contributed by atoms with E-state index in [1.807, 2.05) is 32.9 Å². The third-order valence-corrected chi connectivity index (χ3v) is 3.83. The largest absolute Gasteiger partial charge is 0.467 e. The fraction of sp³-hybridized carbons (Fsp3) is 0.714. The van der Waals surface area contributed by atoms with Crippen molar-refractivity contribution in [2.75, 3.05) is 26.7 Å². The first-order valence-corrected chi connectivity index (χ1v) is 10.2. The van der Waals surface area contributed by atoms with Gasteiger partial charge in [-0.25, -0.2) is 0 Å². The molecule has 0 aliphatic carbocycles. The first kappa shape index (κ1) is 24.0. The molecule has 0 aliphatic heterocycles. The van der Waals surface area contributed by atoms with Crippen LogP contribution in [0.1, 0.15) is 65.1 Å². The summed E-state index contributed by atoms with van der Waals surface area (Å²) in [5.74, 6) is 1.54. The van der Waals surface area contributed by atoms with Crippen LogP contribution in [0.4, 0.5) is 0 Å². The number of furan rings is 1. The van der Waals surface area contributed by atoms with Crippen LogP contribution in [-0.2, 0) is 20.9 Å². The number of nitrogens with one attached hydrogen (secondary N) is 2. The molecule has 0 aromatic carbocycles. The number of hydrogen-bond donors (Lipinski definition) is 2. The lowest BCUT2D eigenvalue weighted by Gasteiger charge is -2.19. The van der Waals surface area contributed by atoms with Crippen molar-refractivity contribution in [1.82, 2.24) is 10.6 Å². The van der Waals surface area contributed by atoms with Gasteiger partial charge in [-0.1, -0.05) is 12.8 Å². The summed E-state index contributed by atoms with van der Waals surface area (Å²) in [6, 6.07) is 3.76. The van der Waals surface area contributed by atoms with E-state index in [2.05, 4.69) is 15.6 Å². The lowest BCUT2D eigenvalue weighted by molar-refractivity contribution is -0.154. The van der Waals surface area contributed by atoms with E-state index in [4.69, 9.17) is 13.9 Å². The van der Waals surface area contributed by atoms with Gasteiger partial charge in [0, 0.05) is 33.2 Å². The van der Waals surface area contributed by atoms with Gasteiger partial charge in [-0.15, -0.1) is 0 Å². The molecule has 7 heteroatoms. The highest BCUT2D eigenvalue weighted by molar-refractivity contribution is 5.79. The van der Waals surface area contributed by atoms with Gasteiger partial charge in [-0.05, 0) is 52.2 Å². The quantitative estimate of drug-likeness (QED) is 0.230. The Morgan fingerprint density at radius 3 is 2.46 bits per heavy atom. The topological polar surface area (TPSA) is 85.1 Å². The van der Waals surface area contributed by atoms with Gasteiger partial charge >= 0.3 is 5.97 Å². The summed E-state index contributed by atoms with van der Waals surface area (Å²) in [7, 11) is 1.77. The molecule has 0 radical (unpaired) electrons. The molecule has 2 N–H and O–H groups in total. The van der Waals surface area contributed by atoms with E-state index in [-0.39, 0.29) is 5.97 Å². The predicted molar refractivity (Wildman–Crippen MR) is 111 cm³/mol. The van der Waals surface area contributed by atoms with E-state index < -0.39 is 5.60 Å². The monoisotopic (exact) mass is 395 g/mol. The number of hydrogen-bond acceptors (Lipinski definition) is 5. The Morgan fingerprint density at radius 1 is 1.11 bits per heavy atom. The molecule has 7 nitrogen and oxygen atoms in total. The predicted octanol–water partition coefficient (Wildman–Crippen LogP) is 3.64. The number of aliphatic imine (C=N–C) groups is 1. The molecular formula is C21H37N3O4. The molecule has 160 valence electrons. The maximum atomic E-state index is 11.6. The summed E-state index contributed by atoms with van der Waals surface area (Å²) in [6.45, 7) is 8.52. The molecule has 1 aromatic rings. The van der Waals surface area contributed by atoms with Crippen molar-refractivity contribution < 1.29 is 18.7 Å². The van der Waals surface area contributed by atoms with Crippen LogP contribution in [0, 0.1) is 0 Å². The number of carbonyl (C=O) groups excluding carboxylic acids is 1. The van der Waals surface area contributed by atoms with Gasteiger partial charge in [0.05, 0.1) is 6.26 Å². The Balaban J connectivity index is 1.93. The Bertz CT molecular complexity index is 550. The first-order valence-electron chi connectivity index (χ1n) is 10.2. The van der Waals surface area contributed by atoms with E-state index in [1.165, 1.54) is 0 Å². The summed E-state index contributed by atoms with van der Waals surface area (Å²) < 4.78 is 16.1. The van der Waals surface area contributed by atoms with Gasteiger partial charge in [-0.3, -0.25) is 9.79 Å². The molecule has 1 heterocycles. The number of guanidine groups is 1. The van der Waals surface area contributed by atoms with Gasteiger partial charge in [-0.2, -0.15) is 0 Å². The third kappa shape index (κ3) is 13.2. The normalized spacial score (nSPS) is 12.1. The van der Waals surface area contributed by atoms with E-state index >= 15 is 0 Å². The van der Waals surface area contributed by atoms with Crippen molar-refractivity contribution in [3.05, 3.63) is 24.2 Å². The van der Waals surface area contributed by atoms with E-state index in [0.29, 0.717) is 19.6 Å². The van der Waals surface area contributed by atoms with E-state index in [0.717, 1.165) is 56.9 Å². The second-order valence-corrected chi connectivity index (χ2v) is 7.66. The first-order chi connectivity index (χ1) is 13.4. The lowest BCUT2D eigenvalue weighted by atomic mass is 10.1. The second kappa shape index (κ2) is 14.0. The molecule has 0 bridgehead atoms. The molecule has 1 rings (SSSR count). The molecule has 28 heavy (non-hydrogen) atoms. The highest BCUT2D eigenvalue weighted by Gasteiger charge is 2.15. The van der Waals surface area contributed by atoms with Crippen molar-refractivity contribution in [3.8, 4) is 0 Å². The number of nitrogens with zero attached hydrogens (tertiary/aromatic N) is 1. The number of rotatable bonds is 13. The van der Waals surface area contributed by atoms with Crippen LogP contribution < -0.4 is 10.6 Å². The fourth-order valence-electron chi connectivity index (χ4n) is 2.52. The minimum absolute atomic E-state index is 0.108. The minimum atomic E-state index is -0.393. The molecule has 0 fully saturated rings. The van der Waals surface area contributed by atoms with E-state index in [9.17, 15) is 4.79 Å². The van der Waals surface area contributed by atoms with Crippen molar-refractivity contribution in [2.24, 2.45) is 4.99 Å². The van der Waals surface area contributed by atoms with Gasteiger partial charge in [0.2, 0.25) is 0 Å². The second-order valence-electron chi connectivity index (χ2n) is 7.66. The third-order valence-electron chi connectivity index (χ3n) is 3.83. The number of ether oxygens (including phenoxy) is 2. The minimum Gasteiger partial charge on any atom is -0.467 e. The SMILES string of the molecule is CN=C(NCCCCCCC(=O)OC(C)(C)C)NCCCOCc1ccco1. The maximum Gasteiger partial charge on any atom is 0.306 e. The Hall–Kier alpha value is -2.02. The molecule has 0 saturated carbocycles. The summed E-state index contributed by atoms with van der Waals surface area (Å²) in [6.07, 6.45) is 7.06. The smallest absolute Gasteiger partial charge is 0.306 e. The Labute approximate surface area is 169 Å². The van der Waals surface area contributed by atoms with Crippen LogP contribution >= 0.6 is 0 Å². The molecule has 0 amide bonds. The van der Waals surface area contributed by atoms with Crippen LogP contribution in [-0.4, -0.2) is 44.3 Å². The van der Waals surface area contributed by atoms with Crippen molar-refractivity contribution >= 4 is 11.9 Å². The lowest BCUT2D eigenvalue weighted by Crippen LogP contribution is -2.38. The van der Waals surface area contributed by atoms with Crippen LogP contribution in [0.2, 0.25) is 0 Å². The number of esters is 1. The molecular weight excluding hydrogens is 358 g/mol. The number of unbranched alkanes of at least 4 members (excludes halogenated alkanes) is 3. The Morgan fingerprint density at radius 2 is 1.82 bits per heavy atom. The summed E-state index contributed by atoms with van der Waals surface area (Å²) in [4.78, 5) is 15.8. The van der Waals surface area contributed by atoms with Crippen LogP contribution in [0.15, 0.2) is 27.8 Å². The zero-order chi connectivity index (χ0) is 20.7. The van der Waals surface area contributed by atoms with Crippen LogP contribution in [0.5, 0.6) is 0 Å². The molecule has 1 aromatic heterocycles. The standard InChI is InChI=1S/C21H37N3O4/c1-21(2,3)28-19(25)12-7-5-6-8-13-23-20(22-4)24-14-10-15-26-17-18-11-9-16-27-18/h9,11,16H,5-8,10,12-15,17H2,1-4H3,(H2,22,23,24). The zero-order valence-electron chi connectivity index (χ0n) is 17.9. The zero-order valence-corrected chi connectivity index (χ0v) is 17.9. The molecule has 0 atom stereocenters. The molecule has 0 saturated heterocycles. The van der Waals surface area contributed by atoms with Gasteiger partial charge in [0.15, 0.2) is 5.96 Å². The van der Waals surface area contributed by atoms with Crippen LogP contribution in [0.25, 0.3) is 0 Å². The van der Waals surface area contributed by atoms with Crippen molar-refractivity contribution in [1.29, 1.82) is 0 Å². The van der Waals surface area contributed by atoms with Crippen molar-refractivity contribution in [2.45, 2.75) is 71.5 Å². The van der Waals surface area contributed by atoms with Gasteiger partial charge in [0.25, 0.3) is 0 Å². The van der Waals surface area contributed by atoms with Crippen LogP contribution in [0.3, 0.4) is 0 Å². The van der Waals surface area contributed by atoms with Gasteiger partial charge < -0.3 is 24.5 Å². The fourth-order valence-corrected chi connectivity index (χ4v) is 2.52. The van der Waals surface area contributed by atoms with Crippen molar-refractivity contribution in [3.63, 3.8) is 0 Å². The summed E-state index contributed by atoms with van der Waals surface area (Å²) >= 11 is 0. The highest BCUT2D eigenvalue weighted by atomic mass is 16.6. The summed E-state index contributed by atoms with van der Waals surface area (Å²) in [5, 5.41) is 6.58. The molecule has 0 unspecified atom stereocenters. The molecule has 0 aliphatic rings. The average Bonchev–Trinajstić information content (AvgIpc) is 3.13. The molecule has 0 spiro atoms. The van der Waals surface area contributed by atoms with Gasteiger partial charge in [0.1, 0.15) is 18.0 Å². The van der Waals surface area contributed by atoms with E-state index in [1.54, 1.807) is 13.3 Å². The highest BCUT2D eigenvalue weighted by Crippen LogP contribution is 2.11. The Kier molecular flexibility index (Phi) is 12.0.